The van der Waals surface area contributed by atoms with Gasteiger partial charge >= 0.3 is 0 Å². The molecule has 6 aromatic rings. The van der Waals surface area contributed by atoms with Gasteiger partial charge in [0.05, 0.1) is 35.8 Å². The fraction of sp³-hybridized carbons (Fsp3) is 0.375. The Hall–Kier alpha value is -7.24. The number of unbranched alkanes of at least 4 members (excludes halogenated alkanes) is 6. The van der Waals surface area contributed by atoms with Crippen LogP contribution in [-0.2, 0) is 27.5 Å². The van der Waals surface area contributed by atoms with Crippen LogP contribution in [-0.4, -0.2) is 78.3 Å². The van der Waals surface area contributed by atoms with Crippen molar-refractivity contribution in [1.82, 2.24) is 40.5 Å². The number of benzene rings is 4. The molecule has 1 saturated carbocycles. The van der Waals surface area contributed by atoms with Gasteiger partial charge in [-0.1, -0.05) is 79.3 Å². The SMILES string of the molecule is CC(CCC(=O)NC=O)N1Cc2c(NC(=O)CCCCCCCCCNC3CCC(n4cc(-c5ccc(Nc6ncc7c(n6)-c6ccc(Cl)cc6C(c6c(F)cccc6F)=NC7)cc5)nn4)CC3)cccc2C1=O. The highest BCUT2D eigenvalue weighted by Crippen LogP contribution is 2.36. The summed E-state index contributed by atoms with van der Waals surface area (Å²) in [4.78, 5) is 64.0. The minimum atomic E-state index is -0.712. The number of aromatic nitrogens is 5. The summed E-state index contributed by atoms with van der Waals surface area (Å²) in [7, 11) is 0. The Labute approximate surface area is 434 Å². The summed E-state index contributed by atoms with van der Waals surface area (Å²) in [5.41, 5.74) is 6.91. The van der Waals surface area contributed by atoms with Crippen molar-refractivity contribution in [3.05, 3.63) is 136 Å². The van der Waals surface area contributed by atoms with Crippen LogP contribution in [0.1, 0.15) is 135 Å². The summed E-state index contributed by atoms with van der Waals surface area (Å²) < 4.78 is 32.0. The van der Waals surface area contributed by atoms with Crippen molar-refractivity contribution in [2.45, 2.75) is 128 Å². The molecule has 4 amide bonds. The molecule has 18 heteroatoms. The molecule has 2 aliphatic heterocycles. The second kappa shape index (κ2) is 24.2. The maximum atomic E-state index is 15.0. The number of fused-ring (bicyclic) bond motifs is 4. The standard InChI is InChI=1S/C56H60ClF2N11O4/c1-35(16-27-50(72)63-34-71)69-32-45-43(55(69)74)11-9-14-48(45)65-51(73)15-7-5-3-2-4-6-8-28-60-39-22-24-41(25-23-39)70-33-49(67-68-70)36-17-20-40(21-18-36)64-56-62-31-37-30-61-54(52-46(58)12-10-13-47(52)59)44-29-38(57)19-26-42(44)53(37)66-56/h9-14,17-21,26,29,31,33-35,39,41,60H,2-8,15-16,22-25,27-28,30,32H2,1H3,(H,65,73)(H,62,64,66)(H,63,71,72). The summed E-state index contributed by atoms with van der Waals surface area (Å²) in [6, 6.07) is 22.7. The average molecular weight is 1020 g/mol. The van der Waals surface area contributed by atoms with Crippen LogP contribution in [0.2, 0.25) is 5.02 Å². The molecule has 0 saturated heterocycles. The monoisotopic (exact) mass is 1020 g/mol. The Bertz CT molecular complexity index is 3010. The second-order valence-electron chi connectivity index (χ2n) is 19.4. The average Bonchev–Trinajstić information content (AvgIpc) is 4.00. The number of carbonyl (C=O) groups excluding carboxylic acids is 4. The summed E-state index contributed by atoms with van der Waals surface area (Å²) in [6.45, 7) is 3.38. The van der Waals surface area contributed by atoms with Crippen molar-refractivity contribution in [1.29, 1.82) is 0 Å². The summed E-state index contributed by atoms with van der Waals surface area (Å²) >= 11 is 6.39. The molecule has 1 atom stereocenters. The highest BCUT2D eigenvalue weighted by atomic mass is 35.5. The Morgan fingerprint density at radius 3 is 2.36 bits per heavy atom. The van der Waals surface area contributed by atoms with Gasteiger partial charge in [-0.05, 0) is 107 Å². The number of carbonyl (C=O) groups is 4. The molecule has 1 fully saturated rings. The van der Waals surface area contributed by atoms with E-state index in [4.69, 9.17) is 16.6 Å². The van der Waals surface area contributed by atoms with Crippen molar-refractivity contribution in [3.63, 3.8) is 0 Å². The molecule has 4 N–H and O–H groups in total. The number of halogens is 3. The molecule has 4 aromatic carbocycles. The minimum Gasteiger partial charge on any atom is -0.331 e. The van der Waals surface area contributed by atoms with Crippen LogP contribution in [0.4, 0.5) is 26.1 Å². The fourth-order valence-electron chi connectivity index (χ4n) is 10.2. The highest BCUT2D eigenvalue weighted by Gasteiger charge is 2.33. The van der Waals surface area contributed by atoms with Gasteiger partial charge in [-0.15, -0.1) is 5.10 Å². The van der Waals surface area contributed by atoms with Gasteiger partial charge in [-0.2, -0.15) is 0 Å². The van der Waals surface area contributed by atoms with E-state index >= 15 is 0 Å². The summed E-state index contributed by atoms with van der Waals surface area (Å²) in [5.74, 6) is -1.62. The first-order chi connectivity index (χ1) is 36.0. The van der Waals surface area contributed by atoms with E-state index in [9.17, 15) is 28.0 Å². The number of anilines is 3. The topological polar surface area (TPSA) is 188 Å². The molecule has 1 unspecified atom stereocenters. The molecule has 2 aromatic heterocycles. The first kappa shape index (κ1) is 51.7. The Balaban J connectivity index is 0.653. The van der Waals surface area contributed by atoms with E-state index < -0.39 is 11.6 Å². The Morgan fingerprint density at radius 1 is 0.851 bits per heavy atom. The van der Waals surface area contributed by atoms with Crippen LogP contribution >= 0.6 is 11.6 Å². The largest absolute Gasteiger partial charge is 0.331 e. The van der Waals surface area contributed by atoms with Crippen LogP contribution < -0.4 is 21.3 Å². The van der Waals surface area contributed by atoms with E-state index in [1.54, 1.807) is 41.4 Å². The highest BCUT2D eigenvalue weighted by molar-refractivity contribution is 6.31. The number of imide groups is 1. The van der Waals surface area contributed by atoms with Gasteiger partial charge in [0.15, 0.2) is 0 Å². The van der Waals surface area contributed by atoms with Crippen molar-refractivity contribution < 1.29 is 28.0 Å². The molecule has 0 spiro atoms. The summed E-state index contributed by atoms with van der Waals surface area (Å²) in [6.07, 6.45) is 16.8. The first-order valence-electron chi connectivity index (χ1n) is 25.7. The van der Waals surface area contributed by atoms with Gasteiger partial charge in [-0.25, -0.2) is 23.4 Å². The normalized spacial score (nSPS) is 16.4. The predicted octanol–water partition coefficient (Wildman–Crippen LogP) is 10.7. The zero-order valence-corrected chi connectivity index (χ0v) is 42.1. The van der Waals surface area contributed by atoms with Crippen LogP contribution in [0.5, 0.6) is 0 Å². The molecule has 9 rings (SSSR count). The van der Waals surface area contributed by atoms with E-state index in [1.807, 2.05) is 48.1 Å². The lowest BCUT2D eigenvalue weighted by Crippen LogP contribution is -2.34. The molecule has 0 bridgehead atoms. The van der Waals surface area contributed by atoms with Gasteiger partial charge in [0.1, 0.15) is 17.3 Å². The quantitative estimate of drug-likeness (QED) is 0.0376. The molecule has 384 valence electrons. The van der Waals surface area contributed by atoms with Crippen LogP contribution in [0.3, 0.4) is 0 Å². The number of rotatable bonds is 22. The minimum absolute atomic E-state index is 0.0554. The third-order valence-electron chi connectivity index (χ3n) is 14.3. The van der Waals surface area contributed by atoms with Gasteiger partial charge in [0, 0.05) is 87.4 Å². The van der Waals surface area contributed by atoms with Crippen LogP contribution in [0.25, 0.3) is 22.5 Å². The second-order valence-corrected chi connectivity index (χ2v) is 19.8. The lowest BCUT2D eigenvalue weighted by molar-refractivity contribution is -0.125. The van der Waals surface area contributed by atoms with Crippen LogP contribution in [0.15, 0.2) is 96.2 Å². The van der Waals surface area contributed by atoms with E-state index in [2.05, 4.69) is 41.6 Å². The summed E-state index contributed by atoms with van der Waals surface area (Å²) in [5, 5.41) is 21.7. The number of nitrogens with one attached hydrogen (secondary N) is 4. The van der Waals surface area contributed by atoms with Crippen molar-refractivity contribution in [3.8, 4) is 22.5 Å². The van der Waals surface area contributed by atoms with E-state index in [-0.39, 0.29) is 48.0 Å². The zero-order valence-electron chi connectivity index (χ0n) is 41.4. The van der Waals surface area contributed by atoms with Gasteiger partial charge < -0.3 is 20.9 Å². The van der Waals surface area contributed by atoms with Crippen LogP contribution in [0, 0.1) is 11.6 Å². The first-order valence-corrected chi connectivity index (χ1v) is 26.0. The molecule has 15 nitrogen and oxygen atoms in total. The van der Waals surface area contributed by atoms with E-state index in [0.29, 0.717) is 82.5 Å². The number of hydrogen-bond donors (Lipinski definition) is 4. The van der Waals surface area contributed by atoms with Gasteiger partial charge in [-0.3, -0.25) is 29.5 Å². The van der Waals surface area contributed by atoms with E-state index in [0.717, 1.165) is 86.8 Å². The maximum Gasteiger partial charge on any atom is 0.254 e. The van der Waals surface area contributed by atoms with Crippen molar-refractivity contribution in [2.75, 3.05) is 17.2 Å². The molecule has 0 radical (unpaired) electrons. The molecule has 74 heavy (non-hydrogen) atoms. The number of nitrogens with zero attached hydrogens (tertiary/aromatic N) is 7. The van der Waals surface area contributed by atoms with Gasteiger partial charge in [0.2, 0.25) is 24.2 Å². The predicted molar refractivity (Wildman–Crippen MR) is 281 cm³/mol. The van der Waals surface area contributed by atoms with Gasteiger partial charge in [0.25, 0.3) is 5.91 Å². The lowest BCUT2D eigenvalue weighted by Gasteiger charge is -2.29. The number of amides is 4. The molecular weight excluding hydrogens is 964 g/mol. The maximum absolute atomic E-state index is 15.0. The number of aliphatic imine (C=N–C) groups is 1. The van der Waals surface area contributed by atoms with Crippen molar-refractivity contribution in [2.24, 2.45) is 4.99 Å². The molecule has 3 aliphatic rings. The fourth-order valence-corrected chi connectivity index (χ4v) is 10.4. The Kier molecular flexibility index (Phi) is 16.9. The zero-order chi connectivity index (χ0) is 51.6. The third-order valence-corrected chi connectivity index (χ3v) is 14.5. The number of hydrogen-bond acceptors (Lipinski definition) is 11. The van der Waals surface area contributed by atoms with E-state index in [1.165, 1.54) is 31.0 Å². The lowest BCUT2D eigenvalue weighted by atomic mass is 9.91. The molecular formula is C56H60ClF2N11O4. The molecule has 4 heterocycles. The third kappa shape index (κ3) is 12.4. The smallest absolute Gasteiger partial charge is 0.254 e. The molecule has 1 aliphatic carbocycles. The Morgan fingerprint density at radius 2 is 1.59 bits per heavy atom. The van der Waals surface area contributed by atoms with Crippen molar-refractivity contribution >= 4 is 58.8 Å².